The molecule has 0 radical (unpaired) electrons. The van der Waals surface area contributed by atoms with Crippen molar-refractivity contribution in [2.45, 2.75) is 47.6 Å². The predicted octanol–water partition coefficient (Wildman–Crippen LogP) is 4.02. The summed E-state index contributed by atoms with van der Waals surface area (Å²) in [5, 5.41) is 2.91. The number of hydrogen-bond donors (Lipinski definition) is 1. The summed E-state index contributed by atoms with van der Waals surface area (Å²) in [6.45, 7) is 11.3. The van der Waals surface area contributed by atoms with E-state index in [1.807, 2.05) is 52.8 Å². The van der Waals surface area contributed by atoms with Crippen molar-refractivity contribution in [2.24, 2.45) is 0 Å². The number of nitrogens with one attached hydrogen (secondary N) is 1. The fourth-order valence-electron chi connectivity index (χ4n) is 3.28. The Labute approximate surface area is 162 Å². The summed E-state index contributed by atoms with van der Waals surface area (Å²) in [5.74, 6) is -0.367. The first-order valence-corrected chi connectivity index (χ1v) is 10.7. The molecule has 6 heteroatoms. The van der Waals surface area contributed by atoms with E-state index in [2.05, 4.69) is 5.32 Å². The minimum Gasteiger partial charge on any atom is -0.324 e. The van der Waals surface area contributed by atoms with Gasteiger partial charge in [0.2, 0.25) is 15.9 Å². The largest absolute Gasteiger partial charge is 0.324 e. The molecular formula is C21H28N2O3S. The minimum absolute atomic E-state index is 0.367. The quantitative estimate of drug-likeness (QED) is 0.841. The van der Waals surface area contributed by atoms with Gasteiger partial charge in [-0.25, -0.2) is 8.42 Å². The molecule has 1 amide bonds. The number of sulfonamides is 1. The van der Waals surface area contributed by atoms with Gasteiger partial charge < -0.3 is 5.32 Å². The Bertz CT molecular complexity index is 958. The van der Waals surface area contributed by atoms with Crippen molar-refractivity contribution in [3.8, 4) is 0 Å². The first kappa shape index (κ1) is 21.0. The van der Waals surface area contributed by atoms with Crippen LogP contribution in [0.4, 0.5) is 11.4 Å². The summed E-state index contributed by atoms with van der Waals surface area (Å²) in [4.78, 5) is 12.9. The average Bonchev–Trinajstić information content (AvgIpc) is 2.52. The molecule has 0 saturated carbocycles. The minimum atomic E-state index is -3.64. The van der Waals surface area contributed by atoms with Gasteiger partial charge in [0.05, 0.1) is 11.9 Å². The lowest BCUT2D eigenvalue weighted by molar-refractivity contribution is -0.116. The highest BCUT2D eigenvalue weighted by Gasteiger charge is 2.29. The molecule has 0 bridgehead atoms. The first-order chi connectivity index (χ1) is 12.4. The molecule has 1 N–H and O–H groups in total. The van der Waals surface area contributed by atoms with E-state index in [1.165, 1.54) is 4.31 Å². The molecular weight excluding hydrogens is 360 g/mol. The van der Waals surface area contributed by atoms with E-state index in [-0.39, 0.29) is 5.91 Å². The fraction of sp³-hybridized carbons (Fsp3) is 0.381. The van der Waals surface area contributed by atoms with Crippen LogP contribution in [0.3, 0.4) is 0 Å². The molecule has 1 atom stereocenters. The molecule has 2 aromatic rings. The number of anilines is 2. The molecule has 2 rings (SSSR count). The van der Waals surface area contributed by atoms with Crippen LogP contribution >= 0.6 is 0 Å². The van der Waals surface area contributed by atoms with Crippen LogP contribution in [0.15, 0.2) is 30.3 Å². The summed E-state index contributed by atoms with van der Waals surface area (Å²) in [5.41, 5.74) is 6.26. The summed E-state index contributed by atoms with van der Waals surface area (Å²) >= 11 is 0. The van der Waals surface area contributed by atoms with Crippen LogP contribution in [-0.2, 0) is 14.8 Å². The SMILES string of the molecule is Cc1cc(C)c(NC(=O)[C@H](C)N(c2ccc(C)c(C)c2)S(C)(=O)=O)c(C)c1. The van der Waals surface area contributed by atoms with Crippen molar-refractivity contribution in [2.75, 3.05) is 15.9 Å². The second-order valence-corrected chi connectivity index (χ2v) is 9.13. The average molecular weight is 389 g/mol. The molecule has 146 valence electrons. The van der Waals surface area contributed by atoms with Gasteiger partial charge in [0.1, 0.15) is 6.04 Å². The lowest BCUT2D eigenvalue weighted by atomic mass is 10.0. The van der Waals surface area contributed by atoms with E-state index >= 15 is 0 Å². The second kappa shape index (κ2) is 7.72. The number of amides is 1. The zero-order valence-electron chi connectivity index (χ0n) is 17.0. The topological polar surface area (TPSA) is 66.5 Å². The van der Waals surface area contributed by atoms with Crippen molar-refractivity contribution in [3.63, 3.8) is 0 Å². The van der Waals surface area contributed by atoms with Gasteiger partial charge in [-0.3, -0.25) is 9.10 Å². The Kier molecular flexibility index (Phi) is 6.00. The molecule has 0 aromatic heterocycles. The van der Waals surface area contributed by atoms with E-state index in [9.17, 15) is 13.2 Å². The number of benzene rings is 2. The van der Waals surface area contributed by atoms with Crippen LogP contribution < -0.4 is 9.62 Å². The van der Waals surface area contributed by atoms with Gasteiger partial charge in [-0.05, 0) is 75.9 Å². The predicted molar refractivity (Wildman–Crippen MR) is 112 cm³/mol. The lowest BCUT2D eigenvalue weighted by Crippen LogP contribution is -2.45. The van der Waals surface area contributed by atoms with Crippen LogP contribution in [0, 0.1) is 34.6 Å². The highest BCUT2D eigenvalue weighted by molar-refractivity contribution is 7.92. The van der Waals surface area contributed by atoms with Crippen LogP contribution in [-0.4, -0.2) is 26.6 Å². The maximum absolute atomic E-state index is 12.9. The zero-order valence-corrected chi connectivity index (χ0v) is 17.9. The Morgan fingerprint density at radius 1 is 0.926 bits per heavy atom. The van der Waals surface area contributed by atoms with Gasteiger partial charge in [-0.1, -0.05) is 23.8 Å². The zero-order chi connectivity index (χ0) is 20.5. The third-order valence-corrected chi connectivity index (χ3v) is 6.00. The molecule has 0 aliphatic rings. The van der Waals surface area contributed by atoms with E-state index in [4.69, 9.17) is 0 Å². The Balaban J connectivity index is 2.40. The monoisotopic (exact) mass is 388 g/mol. The van der Waals surface area contributed by atoms with Crippen LogP contribution in [0.5, 0.6) is 0 Å². The lowest BCUT2D eigenvalue weighted by Gasteiger charge is -2.29. The van der Waals surface area contributed by atoms with Gasteiger partial charge >= 0.3 is 0 Å². The summed E-state index contributed by atoms with van der Waals surface area (Å²) in [6, 6.07) is 8.48. The van der Waals surface area contributed by atoms with Crippen molar-refractivity contribution in [3.05, 3.63) is 58.1 Å². The standard InChI is InChI=1S/C21H28N2O3S/c1-13-10-16(4)20(17(5)11-13)22-21(24)18(6)23(27(7,25)26)19-9-8-14(2)15(3)12-19/h8-12,18H,1-7H3,(H,22,24)/t18-/m0/s1. The highest BCUT2D eigenvalue weighted by atomic mass is 32.2. The molecule has 0 fully saturated rings. The van der Waals surface area contributed by atoms with Crippen molar-refractivity contribution < 1.29 is 13.2 Å². The molecule has 5 nitrogen and oxygen atoms in total. The maximum Gasteiger partial charge on any atom is 0.248 e. The molecule has 0 unspecified atom stereocenters. The van der Waals surface area contributed by atoms with E-state index in [0.717, 1.165) is 39.8 Å². The number of carbonyl (C=O) groups excluding carboxylic acids is 1. The third kappa shape index (κ3) is 4.69. The van der Waals surface area contributed by atoms with Gasteiger partial charge in [-0.2, -0.15) is 0 Å². The van der Waals surface area contributed by atoms with Crippen molar-refractivity contribution in [1.82, 2.24) is 0 Å². The fourth-order valence-corrected chi connectivity index (χ4v) is 4.44. The Morgan fingerprint density at radius 2 is 1.48 bits per heavy atom. The van der Waals surface area contributed by atoms with Crippen LogP contribution in [0.2, 0.25) is 0 Å². The molecule has 0 heterocycles. The van der Waals surface area contributed by atoms with Gasteiger partial charge in [0, 0.05) is 5.69 Å². The Hall–Kier alpha value is -2.34. The van der Waals surface area contributed by atoms with E-state index in [0.29, 0.717) is 5.69 Å². The second-order valence-electron chi connectivity index (χ2n) is 7.27. The number of nitrogens with zero attached hydrogens (tertiary/aromatic N) is 1. The number of carbonyl (C=O) groups is 1. The summed E-state index contributed by atoms with van der Waals surface area (Å²) < 4.78 is 26.1. The molecule has 27 heavy (non-hydrogen) atoms. The third-order valence-electron chi connectivity index (χ3n) is 4.76. The van der Waals surface area contributed by atoms with Gasteiger partial charge in [0.25, 0.3) is 0 Å². The van der Waals surface area contributed by atoms with E-state index < -0.39 is 16.1 Å². The maximum atomic E-state index is 12.9. The summed E-state index contributed by atoms with van der Waals surface area (Å²) in [7, 11) is -3.64. The molecule has 0 saturated heterocycles. The van der Waals surface area contributed by atoms with Crippen molar-refractivity contribution >= 4 is 27.3 Å². The van der Waals surface area contributed by atoms with E-state index in [1.54, 1.807) is 19.1 Å². The molecule has 0 aliphatic heterocycles. The Morgan fingerprint density at radius 3 is 1.96 bits per heavy atom. The molecule has 0 aliphatic carbocycles. The van der Waals surface area contributed by atoms with Crippen LogP contribution in [0.25, 0.3) is 0 Å². The summed E-state index contributed by atoms with van der Waals surface area (Å²) in [6.07, 6.45) is 1.12. The molecule has 2 aromatic carbocycles. The van der Waals surface area contributed by atoms with Crippen LogP contribution in [0.1, 0.15) is 34.7 Å². The number of rotatable bonds is 5. The highest BCUT2D eigenvalue weighted by Crippen LogP contribution is 2.26. The van der Waals surface area contributed by atoms with Crippen molar-refractivity contribution in [1.29, 1.82) is 0 Å². The number of hydrogen-bond acceptors (Lipinski definition) is 3. The van der Waals surface area contributed by atoms with Gasteiger partial charge in [0.15, 0.2) is 0 Å². The molecule has 0 spiro atoms. The number of aryl methyl sites for hydroxylation is 5. The van der Waals surface area contributed by atoms with Gasteiger partial charge in [-0.15, -0.1) is 0 Å². The normalized spacial score (nSPS) is 12.6. The smallest absolute Gasteiger partial charge is 0.248 e. The first-order valence-electron chi connectivity index (χ1n) is 8.87.